The van der Waals surface area contributed by atoms with Gasteiger partial charge in [0.1, 0.15) is 17.8 Å². The number of fused-ring (bicyclic) bond motifs is 2. The molecule has 6 fully saturated rings. The lowest BCUT2D eigenvalue weighted by Crippen LogP contribution is -2.45. The first-order chi connectivity index (χ1) is 34.7. The van der Waals surface area contributed by atoms with E-state index in [0.29, 0.717) is 32.1 Å². The van der Waals surface area contributed by atoms with Crippen LogP contribution in [0.25, 0.3) is 0 Å². The lowest BCUT2D eigenvalue weighted by Gasteiger charge is -2.36. The number of aliphatic carboxylic acids is 4. The highest BCUT2D eigenvalue weighted by molar-refractivity contribution is 6.29. The first kappa shape index (κ1) is 69.7. The van der Waals surface area contributed by atoms with Gasteiger partial charge in [-0.1, -0.05) is 45.1 Å². The summed E-state index contributed by atoms with van der Waals surface area (Å²) in [5.41, 5.74) is -0.572. The van der Waals surface area contributed by atoms with E-state index in [1.54, 1.807) is 26.0 Å². The molecular weight excluding hydrogens is 1050 g/mol. The summed E-state index contributed by atoms with van der Waals surface area (Å²) < 4.78 is 89.2. The average molecular weight is 1120 g/mol. The van der Waals surface area contributed by atoms with Crippen LogP contribution in [0.3, 0.4) is 0 Å². The lowest BCUT2D eigenvalue weighted by molar-refractivity contribution is -0.307. The summed E-state index contributed by atoms with van der Waals surface area (Å²) in [6.07, 6.45) is 9.26. The van der Waals surface area contributed by atoms with Gasteiger partial charge in [-0.3, -0.25) is 0 Å². The van der Waals surface area contributed by atoms with E-state index in [1.165, 1.54) is 18.9 Å². The van der Waals surface area contributed by atoms with Crippen molar-refractivity contribution in [1.82, 2.24) is 0 Å². The molecule has 3 aliphatic heterocycles. The summed E-state index contributed by atoms with van der Waals surface area (Å²) in [7, 11) is 0. The standard InChI is InChI=1S/C21H30O8.C12H20O4.C11H10O6.C5H5F3O4.4CH3/c22-18(23)19(24)26-16-13(15-12-25-20(28-15)7-3-1-4-8-20)11-14-17(16)29-21(27-14)9-5-2-6-10-21;1-2-12(16-11(15)10(13)14)8-6-4-3-5-7-9-12;1-11(2)16-7-5-3-4-6(8(7)17-11)15-10(14)9(12)13;1-2(5(6,7)8)12-4(11)3(9)10;;;;/h13-17H,1-12H2,(H,22,23);2-9H2,1H3,(H,13,14);3-5H,1-2H3,(H,12,13);2H,1H3,(H,9,10);4*1H3/q;;;;4*+1/p-4. The Kier molecular flexibility index (Phi) is 26.5. The summed E-state index contributed by atoms with van der Waals surface area (Å²) in [5, 5.41) is 41.3. The van der Waals surface area contributed by atoms with Crippen LogP contribution < -0.4 is 34.6 Å². The van der Waals surface area contributed by atoms with E-state index in [9.17, 15) is 72.0 Å². The third-order valence-corrected chi connectivity index (χ3v) is 13.6. The Morgan fingerprint density at radius 3 is 1.64 bits per heavy atom. The molecule has 2 spiro atoms. The van der Waals surface area contributed by atoms with Crippen molar-refractivity contribution in [3.8, 4) is 17.2 Å². The zero-order chi connectivity index (χ0) is 54.6. The number of benzene rings is 1. The van der Waals surface area contributed by atoms with Crippen molar-refractivity contribution in [2.75, 3.05) is 6.61 Å². The van der Waals surface area contributed by atoms with Crippen molar-refractivity contribution in [3.63, 3.8) is 0 Å². The number of carboxylic acids is 4. The Hall–Kier alpha value is -6.31. The minimum Gasteiger partial charge on any atom is -0.539 e. The molecule has 0 aromatic heterocycles. The molecule has 1 aromatic rings. The Balaban J connectivity index is 0.000000543. The van der Waals surface area contributed by atoms with Crippen molar-refractivity contribution in [2.45, 2.75) is 209 Å². The van der Waals surface area contributed by atoms with E-state index < -0.39 is 95.2 Å². The van der Waals surface area contributed by atoms with E-state index in [1.807, 2.05) is 6.92 Å². The maximum atomic E-state index is 11.9. The quantitative estimate of drug-likeness (QED) is 0.130. The van der Waals surface area contributed by atoms with Crippen molar-refractivity contribution in [1.29, 1.82) is 0 Å². The third-order valence-electron chi connectivity index (χ3n) is 13.6. The summed E-state index contributed by atoms with van der Waals surface area (Å²) in [5.74, 6) is -15.6. The molecule has 0 bridgehead atoms. The number of alkyl halides is 3. The first-order valence-electron chi connectivity index (χ1n) is 24.7. The Labute approximate surface area is 453 Å². The molecule has 6 atom stereocenters. The minimum absolute atomic E-state index is 0. The van der Waals surface area contributed by atoms with Gasteiger partial charge in [0.25, 0.3) is 0 Å². The molecule has 2 saturated heterocycles. The molecule has 3 heterocycles. The predicted octanol–water partition coefficient (Wildman–Crippen LogP) is 3.24. The fraction of sp³-hybridized carbons (Fsp3) is 0.660. The minimum atomic E-state index is -4.76. The second-order valence-corrected chi connectivity index (χ2v) is 19.4. The summed E-state index contributed by atoms with van der Waals surface area (Å²) in [4.78, 5) is 85.2. The van der Waals surface area contributed by atoms with E-state index in [2.05, 4.69) is 9.47 Å². The molecule has 25 heteroatoms. The van der Waals surface area contributed by atoms with Gasteiger partial charge in [-0.15, -0.1) is 0 Å². The second-order valence-electron chi connectivity index (χ2n) is 19.4. The van der Waals surface area contributed by atoms with Crippen LogP contribution in [-0.4, -0.2) is 114 Å². The topological polar surface area (TPSA) is 321 Å². The zero-order valence-corrected chi connectivity index (χ0v) is 45.5. The monoisotopic (exact) mass is 1120 g/mol. The zero-order valence-electron chi connectivity index (χ0n) is 45.5. The summed E-state index contributed by atoms with van der Waals surface area (Å²) >= 11 is 0. The number of carbonyl (C=O) groups excluding carboxylic acids is 8. The molecule has 0 amide bonds. The number of carbonyl (C=O) groups is 8. The second kappa shape index (κ2) is 29.6. The Bertz CT molecular complexity index is 2180. The van der Waals surface area contributed by atoms with E-state index in [0.717, 1.165) is 96.3 Å². The smallest absolute Gasteiger partial charge is 0.425 e. The largest absolute Gasteiger partial charge is 0.539 e. The Morgan fingerprint density at radius 2 is 1.13 bits per heavy atom. The van der Waals surface area contributed by atoms with Crippen LogP contribution in [0.4, 0.5) is 13.2 Å². The number of carboxylic acid groups (broad SMARTS) is 4. The van der Waals surface area contributed by atoms with E-state index >= 15 is 0 Å². The molecule has 22 nitrogen and oxygen atoms in total. The van der Waals surface area contributed by atoms with Crippen LogP contribution in [0.15, 0.2) is 18.2 Å². The molecule has 8 rings (SSSR count). The van der Waals surface area contributed by atoms with Crippen molar-refractivity contribution in [3.05, 3.63) is 47.9 Å². The van der Waals surface area contributed by atoms with Gasteiger partial charge >= 0.3 is 30.1 Å². The molecule has 4 saturated carbocycles. The van der Waals surface area contributed by atoms with Crippen LogP contribution in [0, 0.1) is 35.6 Å². The molecule has 0 radical (unpaired) electrons. The SMILES string of the molecule is CC(OC(=O)C(=O)[O-])C(F)(F)F.CC1(C)Oc2cccc(OC(=O)C(=O)[O-])c2O1.CCC1(OC(=O)C(=O)[O-])CCCCCCC1.O=C([O-])C(=O)OC1C(C2COC3(CCCCC3)O2)CC2OC3(CCCCC3)OC21.[CH3+].[CH3+].[CH3+].[CH3+]. The van der Waals surface area contributed by atoms with Crippen LogP contribution >= 0.6 is 0 Å². The molecular formula is C53H73F3O22. The predicted molar refractivity (Wildman–Crippen MR) is 256 cm³/mol. The van der Waals surface area contributed by atoms with Crippen LogP contribution in [0.1, 0.15) is 150 Å². The van der Waals surface area contributed by atoms with Gasteiger partial charge in [-0.05, 0) is 83.3 Å². The van der Waals surface area contributed by atoms with Crippen molar-refractivity contribution in [2.24, 2.45) is 5.92 Å². The molecule has 78 heavy (non-hydrogen) atoms. The number of ether oxygens (including phenoxy) is 10. The van der Waals surface area contributed by atoms with Crippen molar-refractivity contribution < 1.29 is 119 Å². The summed E-state index contributed by atoms with van der Waals surface area (Å²) in [6.45, 7) is 6.22. The molecule has 0 N–H and O–H groups in total. The number of esters is 4. The molecule has 1 aromatic carbocycles. The average Bonchev–Trinajstić information content (AvgIpc) is 4.07. The van der Waals surface area contributed by atoms with Crippen LogP contribution in [-0.2, 0) is 71.5 Å². The van der Waals surface area contributed by atoms with E-state index in [4.69, 9.17) is 37.9 Å². The van der Waals surface area contributed by atoms with Crippen LogP contribution in [0.2, 0.25) is 0 Å². The lowest BCUT2D eigenvalue weighted by atomic mass is 9.85. The fourth-order valence-electron chi connectivity index (χ4n) is 9.98. The molecule has 438 valence electrons. The normalized spacial score (nSPS) is 24.6. The number of hydrogen-bond acceptors (Lipinski definition) is 22. The van der Waals surface area contributed by atoms with Crippen LogP contribution in [0.5, 0.6) is 17.2 Å². The maximum Gasteiger partial charge on any atom is 0.425 e. The van der Waals surface area contributed by atoms with Gasteiger partial charge in [0.2, 0.25) is 11.5 Å². The number of halogens is 3. The van der Waals surface area contributed by atoms with Crippen molar-refractivity contribution >= 4 is 47.8 Å². The molecule has 7 aliphatic rings. The highest BCUT2D eigenvalue weighted by Gasteiger charge is 2.61. The van der Waals surface area contributed by atoms with Gasteiger partial charge in [0, 0.05) is 75.2 Å². The highest BCUT2D eigenvalue weighted by Crippen LogP contribution is 2.51. The summed E-state index contributed by atoms with van der Waals surface area (Å²) in [6, 6.07) is 4.59. The number of hydrogen-bond donors (Lipinski definition) is 0. The Morgan fingerprint density at radius 1 is 0.641 bits per heavy atom. The van der Waals surface area contributed by atoms with E-state index in [-0.39, 0.29) is 59.3 Å². The van der Waals surface area contributed by atoms with Gasteiger partial charge in [0.05, 0.1) is 18.8 Å². The molecule has 6 unspecified atom stereocenters. The maximum absolute atomic E-state index is 11.9. The highest BCUT2D eigenvalue weighted by atomic mass is 19.4. The van der Waals surface area contributed by atoms with Gasteiger partial charge < -0.3 is 87.0 Å². The fourth-order valence-corrected chi connectivity index (χ4v) is 9.98. The third kappa shape index (κ3) is 18.7. The molecule has 4 aliphatic carbocycles. The van der Waals surface area contributed by atoms with Gasteiger partial charge in [-0.2, -0.15) is 13.2 Å². The number of para-hydroxylation sites is 1. The first-order valence-corrected chi connectivity index (χ1v) is 24.7. The van der Waals surface area contributed by atoms with Gasteiger partial charge in [-0.25, -0.2) is 19.2 Å². The van der Waals surface area contributed by atoms with Gasteiger partial charge in [0.15, 0.2) is 53.1 Å². The number of rotatable bonds is 6.